The summed E-state index contributed by atoms with van der Waals surface area (Å²) in [7, 11) is 1.58. The molecule has 1 aromatic rings. The molecule has 1 aliphatic rings. The largest absolute Gasteiger partial charge is 0.357 e. The highest BCUT2D eigenvalue weighted by Crippen LogP contribution is 2.28. The predicted octanol–water partition coefficient (Wildman–Crippen LogP) is 1.41. The third kappa shape index (κ3) is 2.14. The Bertz CT molecular complexity index is 509. The maximum atomic E-state index is 13.9. The second-order valence-corrected chi connectivity index (χ2v) is 4.24. The molecule has 1 unspecified atom stereocenters. The average Bonchev–Trinajstić information content (AvgIpc) is 2.86. The first-order valence-electron chi connectivity index (χ1n) is 5.85. The number of benzene rings is 1. The van der Waals surface area contributed by atoms with Crippen LogP contribution in [0.3, 0.4) is 0 Å². The average molecular weight is 247 g/mol. The number of carbonyl (C=O) groups excluding carboxylic acids is 1. The van der Waals surface area contributed by atoms with Crippen molar-refractivity contribution >= 4 is 11.6 Å². The molecule has 1 aliphatic heterocycles. The van der Waals surface area contributed by atoms with Crippen LogP contribution in [0.15, 0.2) is 18.2 Å². The summed E-state index contributed by atoms with van der Waals surface area (Å²) in [5.74, 6) is -0.555. The van der Waals surface area contributed by atoms with Crippen molar-refractivity contribution in [2.45, 2.75) is 18.9 Å². The highest BCUT2D eigenvalue weighted by atomic mass is 19.1. The van der Waals surface area contributed by atoms with Gasteiger partial charge in [0, 0.05) is 13.6 Å². The Balaban J connectivity index is 2.31. The summed E-state index contributed by atoms with van der Waals surface area (Å²) < 4.78 is 13.9. The topological polar surface area (TPSA) is 56.1 Å². The Kier molecular flexibility index (Phi) is 3.47. The Hall–Kier alpha value is -2.09. The van der Waals surface area contributed by atoms with Gasteiger partial charge in [0.1, 0.15) is 11.9 Å². The molecule has 18 heavy (non-hydrogen) atoms. The van der Waals surface area contributed by atoms with Crippen molar-refractivity contribution in [3.63, 3.8) is 0 Å². The molecule has 1 aromatic carbocycles. The number of nitrogens with one attached hydrogen (secondary N) is 1. The number of hydrogen-bond donors (Lipinski definition) is 1. The first kappa shape index (κ1) is 12.4. The smallest absolute Gasteiger partial charge is 0.242 e. The fraction of sp³-hybridized carbons (Fsp3) is 0.385. The zero-order chi connectivity index (χ0) is 13.1. The van der Waals surface area contributed by atoms with E-state index < -0.39 is 5.82 Å². The van der Waals surface area contributed by atoms with Gasteiger partial charge in [-0.2, -0.15) is 5.26 Å². The highest BCUT2D eigenvalue weighted by Gasteiger charge is 2.31. The molecular formula is C13H14FN3O. The van der Waals surface area contributed by atoms with Gasteiger partial charge in [-0.05, 0) is 31.0 Å². The molecule has 0 bridgehead atoms. The van der Waals surface area contributed by atoms with E-state index in [0.717, 1.165) is 12.8 Å². The van der Waals surface area contributed by atoms with E-state index in [9.17, 15) is 9.18 Å². The third-order valence-electron chi connectivity index (χ3n) is 3.19. The van der Waals surface area contributed by atoms with Gasteiger partial charge in [-0.15, -0.1) is 0 Å². The molecule has 1 fully saturated rings. The van der Waals surface area contributed by atoms with Crippen molar-refractivity contribution in [3.05, 3.63) is 29.6 Å². The molecule has 4 nitrogen and oxygen atoms in total. The maximum absolute atomic E-state index is 13.9. The lowest BCUT2D eigenvalue weighted by atomic mass is 10.1. The summed E-state index contributed by atoms with van der Waals surface area (Å²) in [6, 6.07) is 5.91. The Morgan fingerprint density at radius 1 is 1.61 bits per heavy atom. The van der Waals surface area contributed by atoms with E-state index in [1.807, 2.05) is 6.07 Å². The first-order valence-corrected chi connectivity index (χ1v) is 5.85. The molecule has 0 aromatic heterocycles. The molecule has 0 aliphatic carbocycles. The lowest BCUT2D eigenvalue weighted by molar-refractivity contribution is -0.121. The van der Waals surface area contributed by atoms with E-state index in [1.165, 1.54) is 6.07 Å². The number of nitriles is 1. The second-order valence-electron chi connectivity index (χ2n) is 4.24. The van der Waals surface area contributed by atoms with Gasteiger partial charge in [0.25, 0.3) is 0 Å². The SMILES string of the molecule is CNC(=O)C1CCCN1c1ccc(C#N)cc1F. The van der Waals surface area contributed by atoms with Crippen LogP contribution in [0.1, 0.15) is 18.4 Å². The van der Waals surface area contributed by atoms with Gasteiger partial charge < -0.3 is 10.2 Å². The van der Waals surface area contributed by atoms with Crippen molar-refractivity contribution < 1.29 is 9.18 Å². The van der Waals surface area contributed by atoms with Gasteiger partial charge in [-0.25, -0.2) is 4.39 Å². The van der Waals surface area contributed by atoms with E-state index >= 15 is 0 Å². The Morgan fingerprint density at radius 2 is 2.39 bits per heavy atom. The summed E-state index contributed by atoms with van der Waals surface area (Å²) in [6.45, 7) is 0.654. The molecule has 1 heterocycles. The van der Waals surface area contributed by atoms with Gasteiger partial charge in [0.05, 0.1) is 17.3 Å². The lowest BCUT2D eigenvalue weighted by Gasteiger charge is -2.25. The van der Waals surface area contributed by atoms with Crippen molar-refractivity contribution in [3.8, 4) is 6.07 Å². The van der Waals surface area contributed by atoms with Crippen LogP contribution in [0.25, 0.3) is 0 Å². The number of amides is 1. The first-order chi connectivity index (χ1) is 8.67. The maximum Gasteiger partial charge on any atom is 0.242 e. The van der Waals surface area contributed by atoms with Gasteiger partial charge in [-0.3, -0.25) is 4.79 Å². The standard InChI is InChI=1S/C13H14FN3O/c1-16-13(18)12-3-2-6-17(12)11-5-4-9(8-15)7-10(11)14/h4-5,7,12H,2-3,6H2,1H3,(H,16,18). The molecule has 1 amide bonds. The van der Waals surface area contributed by atoms with E-state index in [-0.39, 0.29) is 17.5 Å². The number of carbonyl (C=O) groups is 1. The number of hydrogen-bond acceptors (Lipinski definition) is 3. The normalized spacial score (nSPS) is 18.5. The molecule has 1 saturated heterocycles. The van der Waals surface area contributed by atoms with E-state index in [1.54, 1.807) is 24.1 Å². The Morgan fingerprint density at radius 3 is 3.00 bits per heavy atom. The molecule has 1 atom stereocenters. The van der Waals surface area contributed by atoms with Crippen molar-refractivity contribution in [1.29, 1.82) is 5.26 Å². The molecule has 2 rings (SSSR count). The monoisotopic (exact) mass is 247 g/mol. The number of nitrogens with zero attached hydrogens (tertiary/aromatic N) is 2. The molecule has 0 radical (unpaired) electrons. The summed E-state index contributed by atoms with van der Waals surface area (Å²) in [5.41, 5.74) is 0.673. The molecule has 0 saturated carbocycles. The zero-order valence-electron chi connectivity index (χ0n) is 10.1. The zero-order valence-corrected chi connectivity index (χ0v) is 10.1. The van der Waals surface area contributed by atoms with Crippen molar-refractivity contribution in [2.24, 2.45) is 0 Å². The summed E-state index contributed by atoms with van der Waals surface area (Å²) in [4.78, 5) is 13.5. The van der Waals surface area contributed by atoms with Crippen LogP contribution in [0.4, 0.5) is 10.1 Å². The molecule has 1 N–H and O–H groups in total. The van der Waals surface area contributed by atoms with Crippen LogP contribution in [-0.4, -0.2) is 25.5 Å². The van der Waals surface area contributed by atoms with E-state index in [0.29, 0.717) is 12.2 Å². The molecule has 0 spiro atoms. The minimum absolute atomic E-state index is 0.101. The summed E-state index contributed by atoms with van der Waals surface area (Å²) >= 11 is 0. The lowest BCUT2D eigenvalue weighted by Crippen LogP contribution is -2.42. The van der Waals surface area contributed by atoms with Crippen LogP contribution in [0.5, 0.6) is 0 Å². The van der Waals surface area contributed by atoms with E-state index in [2.05, 4.69) is 5.32 Å². The van der Waals surface area contributed by atoms with Gasteiger partial charge in [0.15, 0.2) is 0 Å². The summed E-state index contributed by atoms with van der Waals surface area (Å²) in [5, 5.41) is 11.3. The fourth-order valence-electron chi connectivity index (χ4n) is 2.30. The number of rotatable bonds is 2. The van der Waals surface area contributed by atoms with Crippen LogP contribution >= 0.6 is 0 Å². The molecular weight excluding hydrogens is 233 g/mol. The third-order valence-corrected chi connectivity index (χ3v) is 3.19. The summed E-state index contributed by atoms with van der Waals surface area (Å²) in [6.07, 6.45) is 1.58. The second kappa shape index (κ2) is 5.05. The molecule has 5 heteroatoms. The van der Waals surface area contributed by atoms with Crippen molar-refractivity contribution in [1.82, 2.24) is 5.32 Å². The van der Waals surface area contributed by atoms with Crippen LogP contribution < -0.4 is 10.2 Å². The van der Waals surface area contributed by atoms with Gasteiger partial charge >= 0.3 is 0 Å². The van der Waals surface area contributed by atoms with Crippen LogP contribution in [-0.2, 0) is 4.79 Å². The quantitative estimate of drug-likeness (QED) is 0.859. The number of anilines is 1. The van der Waals surface area contributed by atoms with Crippen LogP contribution in [0, 0.1) is 17.1 Å². The van der Waals surface area contributed by atoms with Gasteiger partial charge in [-0.1, -0.05) is 0 Å². The van der Waals surface area contributed by atoms with Crippen molar-refractivity contribution in [2.75, 3.05) is 18.5 Å². The predicted molar refractivity (Wildman–Crippen MR) is 65.5 cm³/mol. The highest BCUT2D eigenvalue weighted by molar-refractivity contribution is 5.85. The minimum Gasteiger partial charge on any atom is -0.357 e. The van der Waals surface area contributed by atoms with Gasteiger partial charge in [0.2, 0.25) is 5.91 Å². The van der Waals surface area contributed by atoms with E-state index in [4.69, 9.17) is 5.26 Å². The number of likely N-dealkylation sites (N-methyl/N-ethyl adjacent to an activating group) is 1. The minimum atomic E-state index is -0.454. The number of halogens is 1. The Labute approximate surface area is 105 Å². The molecule has 94 valence electrons. The fourth-order valence-corrected chi connectivity index (χ4v) is 2.30. The van der Waals surface area contributed by atoms with Crippen LogP contribution in [0.2, 0.25) is 0 Å².